The first-order valence-electron chi connectivity index (χ1n) is 20.4. The van der Waals surface area contributed by atoms with Crippen LogP contribution in [0, 0.1) is 52.3 Å². The molecule has 4 saturated carbocycles. The van der Waals surface area contributed by atoms with Gasteiger partial charge in [0.05, 0.1) is 49.8 Å². The zero-order valence-electron chi connectivity index (χ0n) is 34.6. The molecule has 330 valence electrons. The first-order valence-corrected chi connectivity index (χ1v) is 21.7. The Hall–Kier alpha value is 0.0900. The van der Waals surface area contributed by atoms with Crippen molar-refractivity contribution in [3.8, 4) is 0 Å². The van der Waals surface area contributed by atoms with Crippen LogP contribution in [0.4, 0.5) is 0 Å². The van der Waals surface area contributed by atoms with Crippen molar-refractivity contribution in [1.82, 2.24) is 0 Å². The number of ether oxygens (including phenoxy) is 5. The molecule has 0 bridgehead atoms. The van der Waals surface area contributed by atoms with Crippen LogP contribution < -0.4 is 29.6 Å². The van der Waals surface area contributed by atoms with Gasteiger partial charge in [-0.05, 0) is 72.5 Å². The van der Waals surface area contributed by atoms with Crippen molar-refractivity contribution in [2.75, 3.05) is 26.9 Å². The number of hydrogen-bond donors (Lipinski definition) is 8. The van der Waals surface area contributed by atoms with E-state index in [9.17, 15) is 53.8 Å². The minimum absolute atomic E-state index is 0. The molecule has 22 atom stereocenters. The number of aliphatic hydroxyl groups excluding tert-OH is 7. The van der Waals surface area contributed by atoms with Gasteiger partial charge >= 0.3 is 29.6 Å². The summed E-state index contributed by atoms with van der Waals surface area (Å²) in [6, 6.07) is 0. The van der Waals surface area contributed by atoms with Crippen molar-refractivity contribution >= 4 is 10.4 Å². The Bertz CT molecular complexity index is 1530. The molecule has 0 spiro atoms. The summed E-state index contributed by atoms with van der Waals surface area (Å²) in [7, 11) is -4.08. The molecule has 4 aliphatic carbocycles. The van der Waals surface area contributed by atoms with Crippen molar-refractivity contribution in [2.24, 2.45) is 52.3 Å². The summed E-state index contributed by atoms with van der Waals surface area (Å²) >= 11 is 0. The van der Waals surface area contributed by atoms with Gasteiger partial charge in [-0.3, -0.25) is 4.18 Å². The summed E-state index contributed by atoms with van der Waals surface area (Å²) in [6.07, 6.45) is -8.32. The van der Waals surface area contributed by atoms with Crippen LogP contribution in [0.15, 0.2) is 12.2 Å². The molecular weight excluding hydrogens is 795 g/mol. The van der Waals surface area contributed by atoms with E-state index in [1.54, 1.807) is 0 Å². The van der Waals surface area contributed by atoms with E-state index in [2.05, 4.69) is 30.2 Å². The molecule has 19 heteroatoms. The third kappa shape index (κ3) is 9.19. The quantitative estimate of drug-likeness (QED) is 0.0410. The summed E-state index contributed by atoms with van der Waals surface area (Å²) < 4.78 is 68.1. The first-order chi connectivity index (χ1) is 26.6. The fourth-order valence-electron chi connectivity index (χ4n) is 12.1. The molecule has 0 unspecified atom stereocenters. The molecule has 2 saturated heterocycles. The second kappa shape index (κ2) is 18.7. The average molecular weight is 861 g/mol. The summed E-state index contributed by atoms with van der Waals surface area (Å²) in [4.78, 5) is 0. The molecule has 2 aliphatic heterocycles. The largest absolute Gasteiger partial charge is 1.00 e. The fourth-order valence-corrected chi connectivity index (χ4v) is 12.6. The topological polar surface area (TPSA) is 274 Å². The Balaban J connectivity index is 0.00000641. The number of hydrogen-bond acceptors (Lipinski definition) is 17. The summed E-state index contributed by atoms with van der Waals surface area (Å²) in [6.45, 7) is 9.45. The Labute approximate surface area is 363 Å². The molecule has 0 aromatic rings. The van der Waals surface area contributed by atoms with Crippen molar-refractivity contribution in [1.29, 1.82) is 0 Å². The van der Waals surface area contributed by atoms with Gasteiger partial charge in [0.25, 0.3) is 0 Å². The minimum Gasteiger partial charge on any atom is -0.726 e. The second-order valence-electron chi connectivity index (χ2n) is 18.6. The van der Waals surface area contributed by atoms with E-state index in [1.165, 1.54) is 7.11 Å². The van der Waals surface area contributed by atoms with Crippen LogP contribution in [0.25, 0.3) is 0 Å². The summed E-state index contributed by atoms with van der Waals surface area (Å²) in [5.41, 5.74) is -2.37. The molecule has 6 rings (SSSR count). The van der Waals surface area contributed by atoms with Crippen LogP contribution in [0.3, 0.4) is 0 Å². The smallest absolute Gasteiger partial charge is 0.726 e. The van der Waals surface area contributed by atoms with Gasteiger partial charge in [-0.25, -0.2) is 8.42 Å². The van der Waals surface area contributed by atoms with Crippen molar-refractivity contribution in [3.63, 3.8) is 0 Å². The van der Waals surface area contributed by atoms with Crippen LogP contribution in [0.1, 0.15) is 73.1 Å². The molecular formula is C39H65NaO17S. The Morgan fingerprint density at radius 1 is 0.810 bits per heavy atom. The van der Waals surface area contributed by atoms with Gasteiger partial charge < -0.3 is 69.1 Å². The normalized spacial score (nSPS) is 49.9. The van der Waals surface area contributed by atoms with Gasteiger partial charge in [0.15, 0.2) is 12.6 Å². The number of aliphatic hydroxyl groups is 8. The van der Waals surface area contributed by atoms with Crippen molar-refractivity contribution in [2.45, 2.75) is 152 Å². The van der Waals surface area contributed by atoms with Crippen molar-refractivity contribution in [3.05, 3.63) is 12.2 Å². The Kier molecular flexibility index (Phi) is 15.8. The van der Waals surface area contributed by atoms with Crippen LogP contribution in [0.5, 0.6) is 0 Å². The maximum Gasteiger partial charge on any atom is 1.00 e. The first kappa shape index (κ1) is 49.1. The Morgan fingerprint density at radius 3 is 2.10 bits per heavy atom. The maximum absolute atomic E-state index is 12.6. The van der Waals surface area contributed by atoms with E-state index in [-0.39, 0.29) is 78.8 Å². The summed E-state index contributed by atoms with van der Waals surface area (Å²) in [5, 5.41) is 88.2. The second-order valence-corrected chi connectivity index (χ2v) is 19.6. The zero-order valence-corrected chi connectivity index (χ0v) is 37.5. The van der Waals surface area contributed by atoms with Crippen LogP contribution in [0.2, 0.25) is 0 Å². The molecule has 2 heterocycles. The third-order valence-electron chi connectivity index (χ3n) is 15.2. The number of fused-ring (bicyclic) bond motifs is 5. The number of allylic oxidation sites excluding steroid dienone is 2. The van der Waals surface area contributed by atoms with Gasteiger partial charge in [-0.15, -0.1) is 0 Å². The molecule has 0 aromatic carbocycles. The number of rotatable bonds is 12. The Morgan fingerprint density at radius 2 is 1.45 bits per heavy atom. The molecule has 58 heavy (non-hydrogen) atoms. The van der Waals surface area contributed by atoms with E-state index in [1.807, 2.05) is 20.8 Å². The van der Waals surface area contributed by atoms with Crippen LogP contribution in [-0.2, 0) is 38.3 Å². The van der Waals surface area contributed by atoms with Crippen molar-refractivity contribution < 1.29 is 111 Å². The van der Waals surface area contributed by atoms with E-state index < -0.39 is 119 Å². The van der Waals surface area contributed by atoms with Gasteiger partial charge in [-0.1, -0.05) is 46.8 Å². The zero-order chi connectivity index (χ0) is 42.0. The third-order valence-corrected chi connectivity index (χ3v) is 15.7. The monoisotopic (exact) mass is 860 g/mol. The van der Waals surface area contributed by atoms with Gasteiger partial charge in [0, 0.05) is 25.4 Å². The molecule has 17 nitrogen and oxygen atoms in total. The van der Waals surface area contributed by atoms with Gasteiger partial charge in [0.2, 0.25) is 10.4 Å². The van der Waals surface area contributed by atoms with Gasteiger partial charge in [0.1, 0.15) is 36.6 Å². The minimum atomic E-state index is -5.33. The van der Waals surface area contributed by atoms with E-state index in [0.29, 0.717) is 25.7 Å². The van der Waals surface area contributed by atoms with Crippen LogP contribution >= 0.6 is 0 Å². The fraction of sp³-hybridized carbons (Fsp3) is 0.949. The SMILES string of the molecule is CO[C@H]1[C@H](O[C@H]2[C@H](OC[C@@H](C)[C@H](C)/C=C/[C@@H](C)[C@H]3C[C@@H](O)[C@@H]4[C@]3(C)CC[C@@H]3[C@@]5(C)CC[C@H](O)[C@H](O)[C@@H]5[C@@H](O)C[C@]34O)OC[C@@H](O)[C@@H]2OS(=O)(=O)[O-])OC[C@@H](O)[C@@H]1O.[Na+]. The van der Waals surface area contributed by atoms with Crippen LogP contribution in [-0.4, -0.2) is 160 Å². The van der Waals surface area contributed by atoms with Gasteiger partial charge in [-0.2, -0.15) is 0 Å². The molecule has 6 fully saturated rings. The predicted molar refractivity (Wildman–Crippen MR) is 197 cm³/mol. The predicted octanol–water partition coefficient (Wildman–Crippen LogP) is -3.44. The molecule has 6 aliphatic rings. The average Bonchev–Trinajstić information content (AvgIpc) is 3.41. The molecule has 0 radical (unpaired) electrons. The maximum atomic E-state index is 12.6. The van der Waals surface area contributed by atoms with E-state index in [0.717, 1.165) is 6.42 Å². The van der Waals surface area contributed by atoms with E-state index >= 15 is 0 Å². The molecule has 8 N–H and O–H groups in total. The standard InChI is InChI=1S/C39H66O17S.Na/c1-18(20(3)15-52-35-33(31(26(44)17-53-35)56-57(48,49)50)55-36-32(51-6)30(46)25(43)16-54-36)7-8-19(2)21-13-23(41)34-37(21,4)12-10-27-38(5)11-9-22(40)29(45)28(38)24(42)14-39(27,34)47;/h7-8,18-36,40-47H,9-17H2,1-6H3,(H,48,49,50);/q;+1/p-1/b8-7+;/t18-,19-,20-,21-,22+,23-,24+,25-,26-,27-,28+,29+,30+,31+,32-,33-,34-,35-,36+,37-,38-,39+;/m1./s1. The van der Waals surface area contributed by atoms with E-state index in [4.69, 9.17) is 23.7 Å². The summed E-state index contributed by atoms with van der Waals surface area (Å²) in [5.74, 6) is -1.49. The molecule has 0 amide bonds. The molecule has 0 aromatic heterocycles. The number of methoxy groups -OCH3 is 1.